The van der Waals surface area contributed by atoms with Crippen molar-refractivity contribution in [3.05, 3.63) is 42.4 Å². The van der Waals surface area contributed by atoms with Gasteiger partial charge in [-0.25, -0.2) is 0 Å². The van der Waals surface area contributed by atoms with Gasteiger partial charge in [0.1, 0.15) is 5.52 Å². The third kappa shape index (κ3) is 2.54. The number of nitrogens with zero attached hydrogens (tertiary/aromatic N) is 1. The molecule has 86 valence electrons. The molecule has 2 aromatic rings. The van der Waals surface area contributed by atoms with Crippen LogP contribution in [0.5, 0.6) is 0 Å². The van der Waals surface area contributed by atoms with Crippen LogP contribution in [0.25, 0.3) is 10.9 Å². The number of hydrogen-bond donors (Lipinski definition) is 1. The van der Waals surface area contributed by atoms with Crippen LogP contribution in [-0.2, 0) is 9.59 Å². The first-order valence-electron chi connectivity index (χ1n) is 4.70. The van der Waals surface area contributed by atoms with Crippen molar-refractivity contribution in [3.8, 4) is 0 Å². The number of hydrogen-bond acceptors (Lipinski definition) is 4. The van der Waals surface area contributed by atoms with Gasteiger partial charge in [-0.15, -0.1) is 0 Å². The zero-order valence-electron chi connectivity index (χ0n) is 8.51. The Labute approximate surface area is 94.9 Å². The number of halogens is 1. The molecule has 2 amide bonds. The highest BCUT2D eigenvalue weighted by Gasteiger charge is 2.06. The predicted octanol–water partition coefficient (Wildman–Crippen LogP) is 1.17. The molecule has 1 aromatic heterocycles. The first-order valence-corrected chi connectivity index (χ1v) is 4.70. The first kappa shape index (κ1) is 11.0. The summed E-state index contributed by atoms with van der Waals surface area (Å²) in [4.78, 5) is 20.1. The van der Waals surface area contributed by atoms with Crippen LogP contribution in [0.4, 0.5) is 4.39 Å². The molecular formula is C11H7FN2O3. The van der Waals surface area contributed by atoms with E-state index in [-0.39, 0.29) is 11.8 Å². The summed E-state index contributed by atoms with van der Waals surface area (Å²) < 4.78 is 16.8. The Bertz CT molecular complexity index is 588. The van der Waals surface area contributed by atoms with E-state index in [2.05, 4.69) is 9.68 Å². The number of aromatic nitrogens is 1. The maximum atomic E-state index is 12.5. The van der Waals surface area contributed by atoms with Crippen molar-refractivity contribution in [1.29, 1.82) is 0 Å². The molecule has 0 atom stereocenters. The Morgan fingerprint density at radius 2 is 1.76 bits per heavy atom. The second kappa shape index (κ2) is 4.56. The van der Waals surface area contributed by atoms with Crippen molar-refractivity contribution in [1.82, 2.24) is 10.5 Å². The Morgan fingerprint density at radius 3 is 2.29 bits per heavy atom. The number of carbonyl (C=O) groups is 2. The quantitative estimate of drug-likeness (QED) is 0.694. The molecule has 0 radical (unpaired) electrons. The van der Waals surface area contributed by atoms with E-state index >= 15 is 0 Å². The number of carbonyl (C=O) groups excluding carboxylic acids is 2. The molecule has 0 spiro atoms. The fraction of sp³-hybridized carbons (Fsp3) is 0. The fourth-order valence-electron chi connectivity index (χ4n) is 1.21. The van der Waals surface area contributed by atoms with Crippen LogP contribution in [0.3, 0.4) is 0 Å². The summed E-state index contributed by atoms with van der Waals surface area (Å²) in [5.74, 6) is -0.657. The Hall–Kier alpha value is -2.50. The number of amides is 2. The van der Waals surface area contributed by atoms with E-state index in [4.69, 9.17) is 0 Å². The van der Waals surface area contributed by atoms with E-state index in [9.17, 15) is 14.0 Å². The second-order valence-electron chi connectivity index (χ2n) is 3.16. The molecule has 1 N–H and O–H groups in total. The average Bonchev–Trinajstić information content (AvgIpc) is 2.88. The predicted molar refractivity (Wildman–Crippen MR) is 56.3 cm³/mol. The minimum absolute atomic E-state index is 0.329. The maximum Gasteiger partial charge on any atom is 0.313 e. The zero-order chi connectivity index (χ0) is 12.3. The third-order valence-electron chi connectivity index (χ3n) is 1.97. The summed E-state index contributed by atoms with van der Waals surface area (Å²) in [5, 5.41) is 5.93. The monoisotopic (exact) mass is 234 g/mol. The van der Waals surface area contributed by atoms with Crippen molar-refractivity contribution in [3.63, 3.8) is 0 Å². The Kier molecular flexibility index (Phi) is 2.95. The van der Waals surface area contributed by atoms with Crippen LogP contribution in [0.2, 0.25) is 0 Å². The maximum absolute atomic E-state index is 12.5. The highest BCUT2D eigenvalue weighted by molar-refractivity contribution is 6.12. The average molecular weight is 234 g/mol. The molecule has 1 aliphatic heterocycles. The van der Waals surface area contributed by atoms with E-state index < -0.39 is 6.01 Å². The molecule has 0 saturated carbocycles. The van der Waals surface area contributed by atoms with Gasteiger partial charge in [0.2, 0.25) is 0 Å². The van der Waals surface area contributed by atoms with Gasteiger partial charge in [-0.05, 0) is 12.1 Å². The summed E-state index contributed by atoms with van der Waals surface area (Å²) in [6.45, 7) is 0. The molecule has 0 fully saturated rings. The summed E-state index contributed by atoms with van der Waals surface area (Å²) >= 11 is 0. The van der Waals surface area contributed by atoms with Crippen LogP contribution in [0, 0.1) is 6.01 Å². The van der Waals surface area contributed by atoms with Crippen molar-refractivity contribution in [2.75, 3.05) is 0 Å². The van der Waals surface area contributed by atoms with Crippen LogP contribution >= 0.6 is 0 Å². The van der Waals surface area contributed by atoms with E-state index in [0.29, 0.717) is 10.9 Å². The summed E-state index contributed by atoms with van der Waals surface area (Å²) in [5.41, 5.74) is 0.556. The largest absolute Gasteiger partial charge is 0.325 e. The van der Waals surface area contributed by atoms with Gasteiger partial charge in [-0.1, -0.05) is 17.3 Å². The molecule has 0 aliphatic carbocycles. The lowest BCUT2D eigenvalue weighted by atomic mass is 10.3. The van der Waals surface area contributed by atoms with Gasteiger partial charge in [-0.3, -0.25) is 14.9 Å². The van der Waals surface area contributed by atoms with Gasteiger partial charge in [0, 0.05) is 12.2 Å². The first-order chi connectivity index (χ1) is 8.16. The van der Waals surface area contributed by atoms with Crippen LogP contribution < -0.4 is 5.32 Å². The van der Waals surface area contributed by atoms with Crippen LogP contribution in [0.1, 0.15) is 0 Å². The topological polar surface area (TPSA) is 72.2 Å². The zero-order valence-corrected chi connectivity index (χ0v) is 8.51. The molecule has 2 heterocycles. The van der Waals surface area contributed by atoms with Gasteiger partial charge in [-0.2, -0.15) is 4.39 Å². The molecule has 6 heteroatoms. The number of fused-ring (bicyclic) bond motifs is 1. The van der Waals surface area contributed by atoms with Gasteiger partial charge < -0.3 is 4.52 Å². The van der Waals surface area contributed by atoms with Gasteiger partial charge >= 0.3 is 6.01 Å². The highest BCUT2D eigenvalue weighted by Crippen LogP contribution is 2.14. The second-order valence-corrected chi connectivity index (χ2v) is 3.16. The standard InChI is InChI=1S/C7H4FNO.C4H3NO2/c8-7-5-3-1-2-4-6(5)9-10-7;6-3-1-2-4(7)5-3/h1-4H;1-2H,(H,5,6,7). The number of nitrogens with one attached hydrogen (secondary N) is 1. The van der Waals surface area contributed by atoms with Crippen molar-refractivity contribution in [2.45, 2.75) is 0 Å². The van der Waals surface area contributed by atoms with E-state index in [0.717, 1.165) is 0 Å². The van der Waals surface area contributed by atoms with Crippen molar-refractivity contribution in [2.24, 2.45) is 0 Å². The van der Waals surface area contributed by atoms with Crippen LogP contribution in [-0.4, -0.2) is 17.0 Å². The van der Waals surface area contributed by atoms with Crippen LogP contribution in [0.15, 0.2) is 40.9 Å². The molecular weight excluding hydrogens is 227 g/mol. The lowest BCUT2D eigenvalue weighted by Crippen LogP contribution is -2.19. The number of benzene rings is 1. The summed E-state index contributed by atoms with van der Waals surface area (Å²) in [6, 6.07) is 6.23. The molecule has 1 aliphatic rings. The molecule has 0 unspecified atom stereocenters. The smallest absolute Gasteiger partial charge is 0.313 e. The van der Waals surface area contributed by atoms with Crippen molar-refractivity contribution >= 4 is 22.7 Å². The van der Waals surface area contributed by atoms with Gasteiger partial charge in [0.05, 0.1) is 5.39 Å². The third-order valence-corrected chi connectivity index (χ3v) is 1.97. The molecule has 0 bridgehead atoms. The van der Waals surface area contributed by atoms with E-state index in [1.54, 1.807) is 24.3 Å². The summed E-state index contributed by atoms with van der Waals surface area (Å²) in [7, 11) is 0. The normalized spacial score (nSPS) is 13.5. The minimum Gasteiger partial charge on any atom is -0.325 e. The molecule has 3 rings (SSSR count). The lowest BCUT2D eigenvalue weighted by Gasteiger charge is -1.80. The fourth-order valence-corrected chi connectivity index (χ4v) is 1.21. The van der Waals surface area contributed by atoms with E-state index in [1.807, 2.05) is 5.32 Å². The van der Waals surface area contributed by atoms with E-state index in [1.165, 1.54) is 12.2 Å². The Morgan fingerprint density at radius 1 is 1.12 bits per heavy atom. The molecule has 0 saturated heterocycles. The Balaban J connectivity index is 0.000000136. The minimum atomic E-state index is -0.615. The molecule has 5 nitrogen and oxygen atoms in total. The molecule has 17 heavy (non-hydrogen) atoms. The molecule has 1 aromatic carbocycles. The number of rotatable bonds is 0. The summed E-state index contributed by atoms with van der Waals surface area (Å²) in [6.07, 6.45) is 2.39. The lowest BCUT2D eigenvalue weighted by molar-refractivity contribution is -0.123. The van der Waals surface area contributed by atoms with Gasteiger partial charge in [0.25, 0.3) is 11.8 Å². The highest BCUT2D eigenvalue weighted by atomic mass is 19.1. The number of imide groups is 1. The SMILES string of the molecule is Fc1onc2ccccc12.O=C1C=CC(=O)N1. The van der Waals surface area contributed by atoms with Gasteiger partial charge in [0.15, 0.2) is 0 Å². The van der Waals surface area contributed by atoms with Crippen molar-refractivity contribution < 1.29 is 18.5 Å².